The molecule has 0 bridgehead atoms. The second-order valence-corrected chi connectivity index (χ2v) is 5.36. The second kappa shape index (κ2) is 8.33. The number of carbonyl (C=O) groups is 1. The van der Waals surface area contributed by atoms with E-state index in [-0.39, 0.29) is 17.2 Å². The first-order chi connectivity index (χ1) is 11.5. The van der Waals surface area contributed by atoms with E-state index in [1.807, 2.05) is 0 Å². The Morgan fingerprint density at radius 1 is 1.50 bits per heavy atom. The summed E-state index contributed by atoms with van der Waals surface area (Å²) in [6.45, 7) is 0. The predicted molar refractivity (Wildman–Crippen MR) is 87.9 cm³/mol. The van der Waals surface area contributed by atoms with Gasteiger partial charge >= 0.3 is 5.97 Å². The van der Waals surface area contributed by atoms with Gasteiger partial charge in [0.1, 0.15) is 11.4 Å². The van der Waals surface area contributed by atoms with Gasteiger partial charge in [0, 0.05) is 12.1 Å². The van der Waals surface area contributed by atoms with Crippen molar-refractivity contribution in [1.29, 1.82) is 0 Å². The van der Waals surface area contributed by atoms with Crippen LogP contribution in [0.4, 0.5) is 10.8 Å². The van der Waals surface area contributed by atoms with Gasteiger partial charge in [0.05, 0.1) is 11.1 Å². The Bertz CT molecular complexity index is 788. The fourth-order valence-corrected chi connectivity index (χ4v) is 2.14. The van der Waals surface area contributed by atoms with Gasteiger partial charge in [-0.3, -0.25) is 10.1 Å². The number of nitrogens with two attached hydrogens (primary N) is 1. The van der Waals surface area contributed by atoms with E-state index in [1.165, 1.54) is 24.4 Å². The molecule has 0 amide bonds. The number of rotatable bonds is 7. The molecular weight excluding hydrogens is 336 g/mol. The number of anilines is 1. The maximum atomic E-state index is 11.4. The van der Waals surface area contributed by atoms with E-state index in [0.29, 0.717) is 10.6 Å². The average Bonchev–Trinajstić information content (AvgIpc) is 2.96. The van der Waals surface area contributed by atoms with Gasteiger partial charge in [-0.1, -0.05) is 29.5 Å². The minimum atomic E-state index is -0.592. The Kier molecular flexibility index (Phi) is 5.91. The van der Waals surface area contributed by atoms with Crippen LogP contribution in [0.1, 0.15) is 10.6 Å². The van der Waals surface area contributed by atoms with Crippen LogP contribution in [-0.2, 0) is 16.1 Å². The highest BCUT2D eigenvalue weighted by molar-refractivity contribution is 7.15. The van der Waals surface area contributed by atoms with Gasteiger partial charge < -0.3 is 10.6 Å². The molecule has 0 aliphatic rings. The van der Waals surface area contributed by atoms with Crippen molar-refractivity contribution in [2.45, 2.75) is 6.42 Å². The number of allylic oxidation sites excluding steroid dienone is 1. The highest BCUT2D eigenvalue weighted by Crippen LogP contribution is 2.14. The Balaban J connectivity index is 1.75. The van der Waals surface area contributed by atoms with Crippen LogP contribution in [0.5, 0.6) is 0 Å². The van der Waals surface area contributed by atoms with Gasteiger partial charge in [0.2, 0.25) is 5.13 Å². The van der Waals surface area contributed by atoms with Gasteiger partial charge in [0.25, 0.3) is 5.69 Å². The van der Waals surface area contributed by atoms with Crippen molar-refractivity contribution in [3.8, 4) is 0 Å². The van der Waals surface area contributed by atoms with E-state index >= 15 is 0 Å². The van der Waals surface area contributed by atoms with Gasteiger partial charge in [-0.15, -0.1) is 15.8 Å². The van der Waals surface area contributed by atoms with Crippen LogP contribution in [0.3, 0.4) is 0 Å². The molecular formula is C13H12N6O4S. The monoisotopic (exact) mass is 348 g/mol. The van der Waals surface area contributed by atoms with Crippen molar-refractivity contribution in [3.05, 3.63) is 51.0 Å². The number of nitro benzene ring substituents is 1. The summed E-state index contributed by atoms with van der Waals surface area (Å²) in [5.74, 6) is -0.592. The highest BCUT2D eigenvalue weighted by Gasteiger charge is 2.09. The van der Waals surface area contributed by atoms with Crippen LogP contribution >= 0.6 is 11.3 Å². The summed E-state index contributed by atoms with van der Waals surface area (Å²) < 4.78 is 0. The zero-order valence-corrected chi connectivity index (χ0v) is 13.0. The number of nitro groups is 1. The first kappa shape index (κ1) is 17.0. The lowest BCUT2D eigenvalue weighted by Crippen LogP contribution is -2.16. The molecule has 0 fully saturated rings. The molecule has 0 saturated heterocycles. The predicted octanol–water partition coefficient (Wildman–Crippen LogP) is 1.32. The van der Waals surface area contributed by atoms with Gasteiger partial charge in [0.15, 0.2) is 0 Å². The van der Waals surface area contributed by atoms with E-state index in [0.717, 1.165) is 11.3 Å². The molecule has 24 heavy (non-hydrogen) atoms. The largest absolute Gasteiger partial charge is 0.374 e. The average molecular weight is 348 g/mol. The molecule has 124 valence electrons. The number of benzene rings is 1. The summed E-state index contributed by atoms with van der Waals surface area (Å²) in [5, 5.41) is 22.3. The molecule has 2 rings (SSSR count). The number of nitrogens with one attached hydrogen (secondary N) is 1. The standard InChI is InChI=1S/C13H12N6O4S/c14-13-17-16-11(24-13)8-12(20)23-18-15-6-2-4-9-3-1-5-10(7-9)19(21)22/h1-7,18H,8H2,(H2,14,17). The lowest BCUT2D eigenvalue weighted by atomic mass is 10.2. The van der Waals surface area contributed by atoms with Crippen molar-refractivity contribution in [3.63, 3.8) is 0 Å². The van der Waals surface area contributed by atoms with Crippen molar-refractivity contribution >= 4 is 40.4 Å². The molecule has 1 aromatic carbocycles. The maximum absolute atomic E-state index is 11.4. The molecule has 3 N–H and O–H groups in total. The maximum Gasteiger partial charge on any atom is 0.341 e. The van der Waals surface area contributed by atoms with E-state index in [9.17, 15) is 14.9 Å². The molecule has 0 spiro atoms. The fraction of sp³-hybridized carbons (Fsp3) is 0.0769. The smallest absolute Gasteiger partial charge is 0.341 e. The van der Waals surface area contributed by atoms with Crippen LogP contribution in [0.15, 0.2) is 35.4 Å². The van der Waals surface area contributed by atoms with Crippen molar-refractivity contribution in [2.24, 2.45) is 5.10 Å². The number of nitrogens with zero attached hydrogens (tertiary/aromatic N) is 4. The summed E-state index contributed by atoms with van der Waals surface area (Å²) in [6, 6.07) is 6.11. The molecule has 0 aliphatic carbocycles. The zero-order chi connectivity index (χ0) is 17.4. The van der Waals surface area contributed by atoms with Gasteiger partial charge in [-0.2, -0.15) is 5.10 Å². The number of aromatic nitrogens is 2. The molecule has 1 aromatic heterocycles. The minimum Gasteiger partial charge on any atom is -0.374 e. The summed E-state index contributed by atoms with van der Waals surface area (Å²) in [4.78, 5) is 26.3. The number of carbonyl (C=O) groups excluding carboxylic acids is 1. The number of hydrazone groups is 1. The van der Waals surface area contributed by atoms with Crippen LogP contribution in [0.2, 0.25) is 0 Å². The van der Waals surface area contributed by atoms with Crippen molar-refractivity contribution in [2.75, 3.05) is 5.73 Å². The molecule has 0 unspecified atom stereocenters. The SMILES string of the molecule is Nc1nnc(CC(=O)ONN=CC=Cc2cccc([N+](=O)[O-])c2)s1. The van der Waals surface area contributed by atoms with Crippen LogP contribution in [-0.4, -0.2) is 27.3 Å². The Hall–Kier alpha value is -3.34. The highest BCUT2D eigenvalue weighted by atomic mass is 32.1. The van der Waals surface area contributed by atoms with Crippen molar-refractivity contribution < 1.29 is 14.6 Å². The van der Waals surface area contributed by atoms with Crippen LogP contribution in [0, 0.1) is 10.1 Å². The first-order valence-corrected chi connectivity index (χ1v) is 7.33. The number of nitrogen functional groups attached to an aromatic ring is 1. The van der Waals surface area contributed by atoms with Gasteiger partial charge in [-0.05, 0) is 11.6 Å². The lowest BCUT2D eigenvalue weighted by molar-refractivity contribution is -0.384. The normalized spacial score (nSPS) is 11.0. The molecule has 0 aliphatic heterocycles. The fourth-order valence-electron chi connectivity index (χ4n) is 1.54. The Morgan fingerprint density at radius 3 is 3.04 bits per heavy atom. The molecule has 0 saturated carbocycles. The molecule has 1 heterocycles. The summed E-state index contributed by atoms with van der Waals surface area (Å²) in [6.07, 6.45) is 4.41. The first-order valence-electron chi connectivity index (χ1n) is 6.51. The van der Waals surface area contributed by atoms with Gasteiger partial charge in [-0.25, -0.2) is 4.79 Å². The Labute approximate surface area is 139 Å². The molecule has 0 atom stereocenters. The van der Waals surface area contributed by atoms with E-state index in [1.54, 1.807) is 18.2 Å². The third kappa shape index (κ3) is 5.46. The summed E-state index contributed by atoms with van der Waals surface area (Å²) in [7, 11) is 0. The third-order valence-electron chi connectivity index (χ3n) is 2.52. The van der Waals surface area contributed by atoms with E-state index < -0.39 is 10.9 Å². The summed E-state index contributed by atoms with van der Waals surface area (Å²) >= 11 is 1.09. The topological polar surface area (TPSA) is 146 Å². The molecule has 11 heteroatoms. The number of hydrogen-bond donors (Lipinski definition) is 2. The third-order valence-corrected chi connectivity index (χ3v) is 3.27. The van der Waals surface area contributed by atoms with Crippen LogP contribution in [0.25, 0.3) is 6.08 Å². The Morgan fingerprint density at radius 2 is 2.33 bits per heavy atom. The summed E-state index contributed by atoms with van der Waals surface area (Å²) in [5.41, 5.74) is 8.14. The van der Waals surface area contributed by atoms with Crippen molar-refractivity contribution in [1.82, 2.24) is 15.8 Å². The van der Waals surface area contributed by atoms with Crippen LogP contribution < -0.4 is 11.3 Å². The molecule has 10 nitrogen and oxygen atoms in total. The van der Waals surface area contributed by atoms with E-state index in [2.05, 4.69) is 25.7 Å². The van der Waals surface area contributed by atoms with E-state index in [4.69, 9.17) is 5.73 Å². The number of hydrogen-bond acceptors (Lipinski definition) is 10. The number of non-ortho nitro benzene ring substituents is 1. The minimum absolute atomic E-state index is 0.00143. The second-order valence-electron chi connectivity index (χ2n) is 4.27. The zero-order valence-electron chi connectivity index (χ0n) is 12.2. The lowest BCUT2D eigenvalue weighted by Gasteiger charge is -1.98. The molecule has 2 aromatic rings. The quantitative estimate of drug-likeness (QED) is 0.433. The molecule has 0 radical (unpaired) electrons.